The summed E-state index contributed by atoms with van der Waals surface area (Å²) >= 11 is 0. The minimum atomic E-state index is -1.19. The summed E-state index contributed by atoms with van der Waals surface area (Å²) < 4.78 is 6.55. The Hall–Kier alpha value is -2.25. The number of aromatic carboxylic acids is 1. The molecule has 0 aromatic carbocycles. The monoisotopic (exact) mass is 255 g/mol. The van der Waals surface area contributed by atoms with E-state index in [0.717, 1.165) is 0 Å². The average molecular weight is 255 g/mol. The molecule has 0 radical (unpaired) electrons. The Bertz CT molecular complexity index is 496. The molecule has 0 fully saturated rings. The van der Waals surface area contributed by atoms with E-state index in [9.17, 15) is 9.59 Å². The SMILES string of the molecule is COc1c(C(=O)O)nn2c1CN(C(=O)O)CCC2. The number of rotatable bonds is 2. The Morgan fingerprint density at radius 2 is 2.06 bits per heavy atom. The van der Waals surface area contributed by atoms with Crippen LogP contribution in [0.2, 0.25) is 0 Å². The van der Waals surface area contributed by atoms with Gasteiger partial charge in [0.25, 0.3) is 0 Å². The molecular formula is C10H13N3O5. The lowest BCUT2D eigenvalue weighted by Crippen LogP contribution is -2.29. The molecule has 0 saturated heterocycles. The van der Waals surface area contributed by atoms with Crippen molar-refractivity contribution < 1.29 is 24.5 Å². The van der Waals surface area contributed by atoms with Crippen LogP contribution in [0.3, 0.4) is 0 Å². The summed E-state index contributed by atoms with van der Waals surface area (Å²) in [6.07, 6.45) is -0.452. The van der Waals surface area contributed by atoms with Crippen molar-refractivity contribution in [3.8, 4) is 5.75 Å². The quantitative estimate of drug-likeness (QED) is 0.796. The van der Waals surface area contributed by atoms with Crippen LogP contribution in [-0.2, 0) is 13.1 Å². The van der Waals surface area contributed by atoms with Gasteiger partial charge >= 0.3 is 12.1 Å². The molecule has 1 amide bonds. The van der Waals surface area contributed by atoms with Gasteiger partial charge in [-0.05, 0) is 6.42 Å². The summed E-state index contributed by atoms with van der Waals surface area (Å²) in [5.74, 6) is -1.05. The maximum Gasteiger partial charge on any atom is 0.407 e. The van der Waals surface area contributed by atoms with Crippen LogP contribution in [0.15, 0.2) is 0 Å². The first-order chi connectivity index (χ1) is 8.54. The van der Waals surface area contributed by atoms with Gasteiger partial charge in [0.1, 0.15) is 5.69 Å². The highest BCUT2D eigenvalue weighted by Gasteiger charge is 2.28. The van der Waals surface area contributed by atoms with E-state index in [2.05, 4.69) is 5.10 Å². The number of carboxylic acids is 1. The van der Waals surface area contributed by atoms with Crippen molar-refractivity contribution >= 4 is 12.1 Å². The second kappa shape index (κ2) is 4.55. The average Bonchev–Trinajstić information content (AvgIpc) is 2.52. The zero-order chi connectivity index (χ0) is 13.3. The first kappa shape index (κ1) is 12.2. The molecule has 2 N–H and O–H groups in total. The third-order valence-corrected chi connectivity index (χ3v) is 2.83. The van der Waals surface area contributed by atoms with Gasteiger partial charge in [0.05, 0.1) is 13.7 Å². The van der Waals surface area contributed by atoms with Crippen molar-refractivity contribution in [2.24, 2.45) is 0 Å². The number of carboxylic acid groups (broad SMARTS) is 2. The molecule has 2 rings (SSSR count). The lowest BCUT2D eigenvalue weighted by Gasteiger charge is -2.15. The molecule has 1 aromatic rings. The van der Waals surface area contributed by atoms with E-state index in [1.54, 1.807) is 0 Å². The molecule has 18 heavy (non-hydrogen) atoms. The molecule has 1 aliphatic rings. The first-order valence-corrected chi connectivity index (χ1v) is 5.39. The summed E-state index contributed by atoms with van der Waals surface area (Å²) in [6.45, 7) is 0.950. The molecule has 8 nitrogen and oxygen atoms in total. The van der Waals surface area contributed by atoms with E-state index in [1.807, 2.05) is 0 Å². The van der Waals surface area contributed by atoms with E-state index in [-0.39, 0.29) is 18.0 Å². The van der Waals surface area contributed by atoms with Crippen molar-refractivity contribution in [2.45, 2.75) is 19.5 Å². The maximum absolute atomic E-state index is 11.0. The fraction of sp³-hybridized carbons (Fsp3) is 0.500. The number of methoxy groups -OCH3 is 1. The van der Waals surface area contributed by atoms with Crippen molar-refractivity contribution in [2.75, 3.05) is 13.7 Å². The summed E-state index contributed by atoms with van der Waals surface area (Å²) in [5, 5.41) is 22.0. The number of aryl methyl sites for hydroxylation is 1. The largest absolute Gasteiger partial charge is 0.492 e. The lowest BCUT2D eigenvalue weighted by atomic mass is 10.3. The minimum Gasteiger partial charge on any atom is -0.492 e. The van der Waals surface area contributed by atoms with E-state index >= 15 is 0 Å². The standard InChI is InChI=1S/C10H13N3O5/c1-18-8-6-5-12(10(16)17)3-2-4-13(6)11-7(8)9(14)15/h2-5H2,1H3,(H,14,15)(H,16,17). The van der Waals surface area contributed by atoms with E-state index in [0.29, 0.717) is 25.2 Å². The van der Waals surface area contributed by atoms with E-state index in [1.165, 1.54) is 16.7 Å². The third kappa shape index (κ3) is 1.96. The predicted molar refractivity (Wildman–Crippen MR) is 58.8 cm³/mol. The van der Waals surface area contributed by atoms with Crippen LogP contribution in [0.1, 0.15) is 22.6 Å². The van der Waals surface area contributed by atoms with E-state index < -0.39 is 12.1 Å². The number of hydrogen-bond acceptors (Lipinski definition) is 4. The zero-order valence-electron chi connectivity index (χ0n) is 9.79. The fourth-order valence-corrected chi connectivity index (χ4v) is 2.01. The number of amides is 1. The Kier molecular flexibility index (Phi) is 3.09. The molecule has 98 valence electrons. The number of aromatic nitrogens is 2. The molecule has 8 heteroatoms. The Labute approximate surface area is 102 Å². The van der Waals surface area contributed by atoms with Crippen LogP contribution in [0.5, 0.6) is 5.75 Å². The van der Waals surface area contributed by atoms with Crippen LogP contribution in [0, 0.1) is 0 Å². The number of fused-ring (bicyclic) bond motifs is 1. The fourth-order valence-electron chi connectivity index (χ4n) is 2.01. The van der Waals surface area contributed by atoms with Gasteiger partial charge in [-0.15, -0.1) is 0 Å². The molecule has 1 aromatic heterocycles. The highest BCUT2D eigenvalue weighted by Crippen LogP contribution is 2.27. The van der Waals surface area contributed by atoms with Crippen molar-refractivity contribution in [3.05, 3.63) is 11.4 Å². The Morgan fingerprint density at radius 1 is 1.33 bits per heavy atom. The van der Waals surface area contributed by atoms with Crippen LogP contribution in [0.25, 0.3) is 0 Å². The molecule has 1 aliphatic heterocycles. The minimum absolute atomic E-state index is 0.0821. The smallest absolute Gasteiger partial charge is 0.407 e. The second-order valence-corrected chi connectivity index (χ2v) is 3.91. The van der Waals surface area contributed by atoms with Crippen molar-refractivity contribution in [1.29, 1.82) is 0 Å². The first-order valence-electron chi connectivity index (χ1n) is 5.39. The van der Waals surface area contributed by atoms with Gasteiger partial charge in [0.2, 0.25) is 5.69 Å². The lowest BCUT2D eigenvalue weighted by molar-refractivity contribution is 0.0686. The molecule has 0 bridgehead atoms. The molecule has 0 spiro atoms. The molecule has 0 aliphatic carbocycles. The summed E-state index contributed by atoms with van der Waals surface area (Å²) in [5.41, 5.74) is 0.300. The summed E-state index contributed by atoms with van der Waals surface area (Å²) in [7, 11) is 1.35. The summed E-state index contributed by atoms with van der Waals surface area (Å²) in [6, 6.07) is 0. The van der Waals surface area contributed by atoms with Gasteiger partial charge in [0, 0.05) is 13.1 Å². The zero-order valence-corrected chi connectivity index (χ0v) is 9.79. The third-order valence-electron chi connectivity index (χ3n) is 2.83. The number of nitrogens with zero attached hydrogens (tertiary/aromatic N) is 3. The number of ether oxygens (including phenoxy) is 1. The van der Waals surface area contributed by atoms with Gasteiger partial charge < -0.3 is 19.8 Å². The molecule has 0 unspecified atom stereocenters. The van der Waals surface area contributed by atoms with Crippen LogP contribution >= 0.6 is 0 Å². The normalized spacial score (nSPS) is 14.8. The van der Waals surface area contributed by atoms with Gasteiger partial charge in [-0.1, -0.05) is 0 Å². The highest BCUT2D eigenvalue weighted by atomic mass is 16.5. The van der Waals surface area contributed by atoms with Gasteiger partial charge in [-0.2, -0.15) is 5.10 Å². The maximum atomic E-state index is 11.0. The number of hydrogen-bond donors (Lipinski definition) is 2. The van der Waals surface area contributed by atoms with Crippen LogP contribution in [-0.4, -0.2) is 50.6 Å². The Morgan fingerprint density at radius 3 is 2.61 bits per heavy atom. The van der Waals surface area contributed by atoms with Crippen molar-refractivity contribution in [3.63, 3.8) is 0 Å². The highest BCUT2D eigenvalue weighted by molar-refractivity contribution is 5.89. The molecular weight excluding hydrogens is 242 g/mol. The van der Waals surface area contributed by atoms with E-state index in [4.69, 9.17) is 14.9 Å². The van der Waals surface area contributed by atoms with Crippen molar-refractivity contribution in [1.82, 2.24) is 14.7 Å². The number of carbonyl (C=O) groups is 2. The predicted octanol–water partition coefficient (Wildman–Crippen LogP) is 0.474. The Balaban J connectivity index is 2.45. The van der Waals surface area contributed by atoms with Crippen LogP contribution < -0.4 is 4.74 Å². The van der Waals surface area contributed by atoms with Crippen LogP contribution in [0.4, 0.5) is 4.79 Å². The molecule has 2 heterocycles. The van der Waals surface area contributed by atoms with Gasteiger partial charge in [0.15, 0.2) is 5.75 Å². The topological polar surface area (TPSA) is 105 Å². The molecule has 0 saturated carbocycles. The van der Waals surface area contributed by atoms with Gasteiger partial charge in [-0.25, -0.2) is 9.59 Å². The molecule has 0 atom stereocenters. The van der Waals surface area contributed by atoms with Gasteiger partial charge in [-0.3, -0.25) is 4.68 Å². The second-order valence-electron chi connectivity index (χ2n) is 3.91. The summed E-state index contributed by atoms with van der Waals surface area (Å²) in [4.78, 5) is 23.2.